The van der Waals surface area contributed by atoms with Crippen molar-refractivity contribution in [3.05, 3.63) is 75.1 Å². The highest BCUT2D eigenvalue weighted by Gasteiger charge is 2.30. The van der Waals surface area contributed by atoms with Crippen LogP contribution in [-0.4, -0.2) is 10.9 Å². The molecule has 4 heterocycles. The zero-order valence-electron chi connectivity index (χ0n) is 16.6. The van der Waals surface area contributed by atoms with Crippen LogP contribution in [-0.2, 0) is 6.18 Å². The Morgan fingerprint density at radius 3 is 2.61 bits per heavy atom. The summed E-state index contributed by atoms with van der Waals surface area (Å²) in [5.41, 5.74) is 8.44. The molecule has 0 radical (unpaired) electrons. The molecule has 0 unspecified atom stereocenters. The van der Waals surface area contributed by atoms with Crippen LogP contribution in [0.2, 0.25) is 0 Å². The van der Waals surface area contributed by atoms with Crippen LogP contribution >= 0.6 is 34.0 Å². The van der Waals surface area contributed by atoms with E-state index in [2.05, 4.69) is 5.32 Å². The number of hydrogen-bond acceptors (Lipinski definition) is 6. The van der Waals surface area contributed by atoms with Crippen LogP contribution < -0.4 is 11.1 Å². The van der Waals surface area contributed by atoms with Crippen molar-refractivity contribution in [2.45, 2.75) is 6.18 Å². The minimum absolute atomic E-state index is 0.0389. The van der Waals surface area contributed by atoms with Crippen LogP contribution in [0.3, 0.4) is 0 Å². The zero-order chi connectivity index (χ0) is 23.2. The Hall–Kier alpha value is -3.21. The molecule has 0 fully saturated rings. The fraction of sp³-hybridized carbons (Fsp3) is 0.0435. The number of thiophene rings is 3. The summed E-state index contributed by atoms with van der Waals surface area (Å²) in [7, 11) is 0. The molecule has 0 saturated heterocycles. The number of nitrogen functional groups attached to an aromatic ring is 1. The summed E-state index contributed by atoms with van der Waals surface area (Å²) >= 11 is 4.22. The maximum Gasteiger partial charge on any atom is 0.416 e. The Morgan fingerprint density at radius 2 is 1.91 bits per heavy atom. The third kappa shape index (κ3) is 4.12. The summed E-state index contributed by atoms with van der Waals surface area (Å²) in [5, 5.41) is 9.10. The summed E-state index contributed by atoms with van der Waals surface area (Å²) in [6, 6.07) is 12.3. The van der Waals surface area contributed by atoms with Crippen molar-refractivity contribution in [1.82, 2.24) is 4.98 Å². The van der Waals surface area contributed by atoms with E-state index in [0.717, 1.165) is 45.2 Å². The van der Waals surface area contributed by atoms with Gasteiger partial charge >= 0.3 is 6.18 Å². The van der Waals surface area contributed by atoms with Gasteiger partial charge in [-0.3, -0.25) is 4.79 Å². The standard InChI is InChI=1S/C23H14F3N3OS3/c24-23(25,26)13-3-1-4-14(9-13)28-21(30)20-19(27)18-15(12-6-8-31-11-12)10-16(29-22(18)33-20)17-5-2-7-32-17/h1-11H,27H2,(H,28,30). The van der Waals surface area contributed by atoms with E-state index in [-0.39, 0.29) is 16.3 Å². The number of carbonyl (C=O) groups is 1. The minimum atomic E-state index is -4.51. The third-order valence-corrected chi connectivity index (χ3v) is 7.63. The highest BCUT2D eigenvalue weighted by Crippen LogP contribution is 2.42. The highest BCUT2D eigenvalue weighted by atomic mass is 32.1. The van der Waals surface area contributed by atoms with E-state index < -0.39 is 17.6 Å². The Kier molecular flexibility index (Phi) is 5.43. The molecule has 5 aromatic rings. The monoisotopic (exact) mass is 501 g/mol. The molecule has 33 heavy (non-hydrogen) atoms. The lowest BCUT2D eigenvalue weighted by atomic mass is 10.0. The van der Waals surface area contributed by atoms with Gasteiger partial charge in [0.25, 0.3) is 5.91 Å². The van der Waals surface area contributed by atoms with Crippen LogP contribution in [0.4, 0.5) is 24.5 Å². The molecule has 4 aromatic heterocycles. The van der Waals surface area contributed by atoms with Crippen LogP contribution in [0.1, 0.15) is 15.2 Å². The Balaban J connectivity index is 1.59. The van der Waals surface area contributed by atoms with Crippen molar-refractivity contribution in [3.63, 3.8) is 0 Å². The van der Waals surface area contributed by atoms with Crippen LogP contribution in [0.25, 0.3) is 31.9 Å². The molecule has 4 nitrogen and oxygen atoms in total. The number of amides is 1. The van der Waals surface area contributed by atoms with Gasteiger partial charge in [-0.05, 0) is 63.7 Å². The number of alkyl halides is 3. The van der Waals surface area contributed by atoms with Gasteiger partial charge in [0.05, 0.1) is 21.8 Å². The Morgan fingerprint density at radius 1 is 1.06 bits per heavy atom. The molecule has 10 heteroatoms. The fourth-order valence-corrected chi connectivity index (χ4v) is 5.80. The second kappa shape index (κ2) is 8.29. The normalized spacial score (nSPS) is 11.7. The van der Waals surface area contributed by atoms with Gasteiger partial charge in [0, 0.05) is 11.1 Å². The van der Waals surface area contributed by atoms with E-state index in [0.29, 0.717) is 10.2 Å². The minimum Gasteiger partial charge on any atom is -0.397 e. The number of carbonyl (C=O) groups excluding carboxylic acids is 1. The Labute approximate surface area is 198 Å². The average molecular weight is 502 g/mol. The smallest absolute Gasteiger partial charge is 0.397 e. The number of nitrogens with two attached hydrogens (primary N) is 1. The van der Waals surface area contributed by atoms with Crippen LogP contribution in [0.5, 0.6) is 0 Å². The van der Waals surface area contributed by atoms with Gasteiger partial charge in [-0.1, -0.05) is 12.1 Å². The van der Waals surface area contributed by atoms with Crippen molar-refractivity contribution in [1.29, 1.82) is 0 Å². The number of aromatic nitrogens is 1. The molecule has 166 valence electrons. The number of nitrogens with one attached hydrogen (secondary N) is 1. The summed E-state index contributed by atoms with van der Waals surface area (Å²) in [6.45, 7) is 0. The summed E-state index contributed by atoms with van der Waals surface area (Å²) in [5.74, 6) is -0.580. The number of anilines is 2. The first-order chi connectivity index (χ1) is 15.8. The molecule has 0 spiro atoms. The lowest BCUT2D eigenvalue weighted by Crippen LogP contribution is -2.13. The summed E-state index contributed by atoms with van der Waals surface area (Å²) in [4.78, 5) is 19.5. The van der Waals surface area contributed by atoms with E-state index in [9.17, 15) is 18.0 Å². The first-order valence-electron chi connectivity index (χ1n) is 9.59. The zero-order valence-corrected chi connectivity index (χ0v) is 19.1. The van der Waals surface area contributed by atoms with E-state index >= 15 is 0 Å². The molecule has 0 aliphatic heterocycles. The summed E-state index contributed by atoms with van der Waals surface area (Å²) < 4.78 is 39.1. The lowest BCUT2D eigenvalue weighted by Gasteiger charge is -2.09. The van der Waals surface area contributed by atoms with Crippen molar-refractivity contribution < 1.29 is 18.0 Å². The number of benzene rings is 1. The van der Waals surface area contributed by atoms with Crippen LogP contribution in [0.15, 0.2) is 64.7 Å². The lowest BCUT2D eigenvalue weighted by molar-refractivity contribution is -0.137. The molecule has 1 aromatic carbocycles. The molecule has 0 atom stereocenters. The van der Waals surface area contributed by atoms with E-state index in [4.69, 9.17) is 10.7 Å². The Bertz CT molecular complexity index is 1460. The maximum atomic E-state index is 13.0. The molecule has 0 aliphatic carbocycles. The van der Waals surface area contributed by atoms with Gasteiger partial charge in [0.2, 0.25) is 0 Å². The second-order valence-electron chi connectivity index (χ2n) is 7.10. The number of halogens is 3. The third-order valence-electron chi connectivity index (χ3n) is 4.96. The number of nitrogens with zero attached hydrogens (tertiary/aromatic N) is 1. The number of pyridine rings is 1. The van der Waals surface area contributed by atoms with Gasteiger partial charge in [0.15, 0.2) is 0 Å². The molecular formula is C23H14F3N3OS3. The first-order valence-corrected chi connectivity index (χ1v) is 12.2. The first kappa shape index (κ1) is 21.6. The highest BCUT2D eigenvalue weighted by molar-refractivity contribution is 7.21. The topological polar surface area (TPSA) is 68.0 Å². The van der Waals surface area contributed by atoms with Crippen molar-refractivity contribution in [2.75, 3.05) is 11.1 Å². The molecule has 0 aliphatic rings. The molecule has 0 bridgehead atoms. The molecule has 0 saturated carbocycles. The van der Waals surface area contributed by atoms with E-state index in [1.165, 1.54) is 12.1 Å². The number of rotatable bonds is 4. The number of fused-ring (bicyclic) bond motifs is 1. The van der Waals surface area contributed by atoms with Crippen molar-refractivity contribution >= 4 is 61.5 Å². The van der Waals surface area contributed by atoms with E-state index in [1.807, 2.05) is 40.4 Å². The van der Waals surface area contributed by atoms with Gasteiger partial charge in [-0.25, -0.2) is 4.98 Å². The maximum absolute atomic E-state index is 13.0. The van der Waals surface area contributed by atoms with Crippen molar-refractivity contribution in [2.24, 2.45) is 0 Å². The molecule has 5 rings (SSSR count). The quantitative estimate of drug-likeness (QED) is 0.266. The molecule has 1 amide bonds. The predicted molar refractivity (Wildman–Crippen MR) is 130 cm³/mol. The SMILES string of the molecule is Nc1c(C(=O)Nc2cccc(C(F)(F)F)c2)sc2nc(-c3cccs3)cc(-c3ccsc3)c12. The molecular weight excluding hydrogens is 487 g/mol. The van der Waals surface area contributed by atoms with Crippen molar-refractivity contribution in [3.8, 4) is 21.7 Å². The second-order valence-corrected chi connectivity index (χ2v) is 9.83. The van der Waals surface area contributed by atoms with Gasteiger partial charge < -0.3 is 11.1 Å². The summed E-state index contributed by atoms with van der Waals surface area (Å²) in [6.07, 6.45) is -4.51. The van der Waals surface area contributed by atoms with Crippen LogP contribution in [0, 0.1) is 0 Å². The van der Waals surface area contributed by atoms with E-state index in [1.54, 1.807) is 22.7 Å². The fourth-order valence-electron chi connectivity index (χ4n) is 3.45. The number of hydrogen-bond donors (Lipinski definition) is 2. The largest absolute Gasteiger partial charge is 0.416 e. The van der Waals surface area contributed by atoms with Gasteiger partial charge in [0.1, 0.15) is 9.71 Å². The van der Waals surface area contributed by atoms with Gasteiger partial charge in [-0.15, -0.1) is 22.7 Å². The van der Waals surface area contributed by atoms with Gasteiger partial charge in [-0.2, -0.15) is 24.5 Å². The molecule has 3 N–H and O–H groups in total. The average Bonchev–Trinajstić information content (AvgIpc) is 3.54. The predicted octanol–water partition coefficient (Wildman–Crippen LogP) is 7.61.